The number of carbonyl (C=O) groups excluding carboxylic acids is 2. The van der Waals surface area contributed by atoms with Crippen molar-refractivity contribution >= 4 is 22.8 Å². The average molecular weight is 427 g/mol. The van der Waals surface area contributed by atoms with Crippen molar-refractivity contribution in [3.8, 4) is 11.1 Å². The third-order valence-electron chi connectivity index (χ3n) is 5.60. The Bertz CT molecular complexity index is 1230. The van der Waals surface area contributed by atoms with Gasteiger partial charge in [-0.15, -0.1) is 0 Å². The molecular weight excluding hydrogens is 400 g/mol. The van der Waals surface area contributed by atoms with Gasteiger partial charge in [-0.3, -0.25) is 9.59 Å². The van der Waals surface area contributed by atoms with Gasteiger partial charge < -0.3 is 15.1 Å². The summed E-state index contributed by atoms with van der Waals surface area (Å²) in [4.78, 5) is 26.0. The largest absolute Gasteiger partial charge is 0.464 e. The molecule has 1 heterocycles. The van der Waals surface area contributed by atoms with Crippen LogP contribution in [-0.4, -0.2) is 24.4 Å². The number of hydrogen-bond donors (Lipinski definition) is 2. The van der Waals surface area contributed by atoms with Crippen molar-refractivity contribution in [3.05, 3.63) is 96.3 Å². The number of hydrogen-bond acceptors (Lipinski definition) is 3. The highest BCUT2D eigenvalue weighted by Crippen LogP contribution is 2.24. The van der Waals surface area contributed by atoms with E-state index in [2.05, 4.69) is 10.6 Å². The molecule has 1 atom stereocenters. The SMILES string of the molecule is CC(C)[C@@H](CNC(=O)c1cccc2occc12)NC(=O)c1ccccc1-c1ccccc1. The van der Waals surface area contributed by atoms with Crippen molar-refractivity contribution in [1.29, 1.82) is 0 Å². The molecule has 5 nitrogen and oxygen atoms in total. The Morgan fingerprint density at radius 3 is 2.31 bits per heavy atom. The quantitative estimate of drug-likeness (QED) is 0.422. The summed E-state index contributed by atoms with van der Waals surface area (Å²) in [5.74, 6) is -0.219. The van der Waals surface area contributed by atoms with Gasteiger partial charge in [0.1, 0.15) is 5.58 Å². The Morgan fingerprint density at radius 1 is 0.812 bits per heavy atom. The fraction of sp³-hybridized carbons (Fsp3) is 0.185. The second kappa shape index (κ2) is 9.52. The lowest BCUT2D eigenvalue weighted by Crippen LogP contribution is -2.46. The van der Waals surface area contributed by atoms with Gasteiger partial charge in [0.2, 0.25) is 0 Å². The Kier molecular flexibility index (Phi) is 6.36. The van der Waals surface area contributed by atoms with Crippen LogP contribution in [0.5, 0.6) is 0 Å². The second-order valence-electron chi connectivity index (χ2n) is 8.08. The molecule has 32 heavy (non-hydrogen) atoms. The minimum absolute atomic E-state index is 0.132. The molecule has 0 saturated heterocycles. The topological polar surface area (TPSA) is 71.3 Å². The van der Waals surface area contributed by atoms with Crippen LogP contribution < -0.4 is 10.6 Å². The molecule has 0 bridgehead atoms. The Morgan fingerprint density at radius 2 is 1.53 bits per heavy atom. The van der Waals surface area contributed by atoms with Crippen molar-refractivity contribution in [2.75, 3.05) is 6.54 Å². The summed E-state index contributed by atoms with van der Waals surface area (Å²) < 4.78 is 5.38. The van der Waals surface area contributed by atoms with E-state index in [1.165, 1.54) is 0 Å². The molecule has 0 unspecified atom stereocenters. The lowest BCUT2D eigenvalue weighted by Gasteiger charge is -2.23. The molecule has 2 amide bonds. The van der Waals surface area contributed by atoms with Crippen LogP contribution in [-0.2, 0) is 0 Å². The van der Waals surface area contributed by atoms with E-state index >= 15 is 0 Å². The monoisotopic (exact) mass is 426 g/mol. The van der Waals surface area contributed by atoms with Gasteiger partial charge in [-0.05, 0) is 41.3 Å². The first-order chi connectivity index (χ1) is 15.5. The molecule has 0 aliphatic heterocycles. The van der Waals surface area contributed by atoms with Gasteiger partial charge >= 0.3 is 0 Å². The molecule has 4 aromatic rings. The van der Waals surface area contributed by atoms with E-state index in [-0.39, 0.29) is 23.8 Å². The highest BCUT2D eigenvalue weighted by molar-refractivity contribution is 6.06. The lowest BCUT2D eigenvalue weighted by molar-refractivity contribution is 0.0898. The molecule has 0 fully saturated rings. The van der Waals surface area contributed by atoms with E-state index in [9.17, 15) is 9.59 Å². The van der Waals surface area contributed by atoms with Gasteiger partial charge in [-0.2, -0.15) is 0 Å². The van der Waals surface area contributed by atoms with E-state index in [4.69, 9.17) is 4.42 Å². The number of furan rings is 1. The zero-order chi connectivity index (χ0) is 22.5. The Balaban J connectivity index is 1.48. The van der Waals surface area contributed by atoms with Crippen LogP contribution in [0.2, 0.25) is 0 Å². The fourth-order valence-electron chi connectivity index (χ4n) is 3.74. The number of nitrogens with one attached hydrogen (secondary N) is 2. The number of benzene rings is 3. The van der Waals surface area contributed by atoms with Gasteiger partial charge in [0.15, 0.2) is 0 Å². The van der Waals surface area contributed by atoms with Gasteiger partial charge in [-0.25, -0.2) is 0 Å². The molecule has 2 N–H and O–H groups in total. The predicted octanol–water partition coefficient (Wildman–Crippen LogP) is 5.28. The first kappa shape index (κ1) is 21.4. The summed E-state index contributed by atoms with van der Waals surface area (Å²) >= 11 is 0. The summed E-state index contributed by atoms with van der Waals surface area (Å²) in [7, 11) is 0. The molecule has 5 heteroatoms. The highest BCUT2D eigenvalue weighted by Gasteiger charge is 2.21. The maximum Gasteiger partial charge on any atom is 0.252 e. The summed E-state index contributed by atoms with van der Waals surface area (Å²) in [6.45, 7) is 4.37. The molecule has 1 aromatic heterocycles. The summed E-state index contributed by atoms with van der Waals surface area (Å²) in [6.07, 6.45) is 1.57. The fourth-order valence-corrected chi connectivity index (χ4v) is 3.74. The Labute approximate surface area is 187 Å². The van der Waals surface area contributed by atoms with Crippen LogP contribution >= 0.6 is 0 Å². The first-order valence-electron chi connectivity index (χ1n) is 10.7. The second-order valence-corrected chi connectivity index (χ2v) is 8.08. The molecule has 0 radical (unpaired) electrons. The smallest absolute Gasteiger partial charge is 0.252 e. The van der Waals surface area contributed by atoms with E-state index < -0.39 is 0 Å². The normalized spacial score (nSPS) is 12.0. The van der Waals surface area contributed by atoms with Gasteiger partial charge in [0.25, 0.3) is 11.8 Å². The van der Waals surface area contributed by atoms with Crippen molar-refractivity contribution < 1.29 is 14.0 Å². The number of rotatable bonds is 7. The molecular formula is C27H26N2O3. The standard InChI is InChI=1S/C27H26N2O3/c1-18(2)24(17-28-26(30)23-13-8-14-25-21(23)15-16-32-25)29-27(31)22-12-7-6-11-20(22)19-9-4-3-5-10-19/h3-16,18,24H,17H2,1-2H3,(H,28,30)(H,29,31)/t24-/m1/s1. The van der Waals surface area contributed by atoms with Crippen molar-refractivity contribution in [3.63, 3.8) is 0 Å². The van der Waals surface area contributed by atoms with Crippen LogP contribution in [0.15, 0.2) is 89.5 Å². The van der Waals surface area contributed by atoms with Gasteiger partial charge in [0.05, 0.1) is 11.8 Å². The van der Waals surface area contributed by atoms with Crippen LogP contribution in [0.25, 0.3) is 22.1 Å². The number of carbonyl (C=O) groups is 2. The molecule has 0 aliphatic rings. The van der Waals surface area contributed by atoms with Crippen LogP contribution in [0.4, 0.5) is 0 Å². The van der Waals surface area contributed by atoms with Crippen LogP contribution in [0.3, 0.4) is 0 Å². The third-order valence-corrected chi connectivity index (χ3v) is 5.60. The zero-order valence-electron chi connectivity index (χ0n) is 18.2. The van der Waals surface area contributed by atoms with E-state index in [0.29, 0.717) is 23.3 Å². The highest BCUT2D eigenvalue weighted by atomic mass is 16.3. The summed E-state index contributed by atoms with van der Waals surface area (Å²) in [5, 5.41) is 6.85. The third kappa shape index (κ3) is 4.57. The molecule has 0 spiro atoms. The molecule has 3 aromatic carbocycles. The van der Waals surface area contributed by atoms with E-state index in [1.807, 2.05) is 74.5 Å². The van der Waals surface area contributed by atoms with Crippen LogP contribution in [0, 0.1) is 5.92 Å². The van der Waals surface area contributed by atoms with Crippen molar-refractivity contribution in [2.24, 2.45) is 5.92 Å². The van der Waals surface area contributed by atoms with Crippen molar-refractivity contribution in [1.82, 2.24) is 10.6 Å². The van der Waals surface area contributed by atoms with Gasteiger partial charge in [0, 0.05) is 23.5 Å². The number of fused-ring (bicyclic) bond motifs is 1. The Hall–Kier alpha value is -3.86. The average Bonchev–Trinajstić information content (AvgIpc) is 3.31. The van der Waals surface area contributed by atoms with E-state index in [1.54, 1.807) is 24.5 Å². The first-order valence-corrected chi connectivity index (χ1v) is 10.7. The molecule has 162 valence electrons. The summed E-state index contributed by atoms with van der Waals surface area (Å²) in [6, 6.07) is 24.4. The maximum absolute atomic E-state index is 13.2. The lowest BCUT2D eigenvalue weighted by atomic mass is 9.98. The zero-order valence-corrected chi connectivity index (χ0v) is 18.2. The molecule has 0 saturated carbocycles. The van der Waals surface area contributed by atoms with Crippen LogP contribution in [0.1, 0.15) is 34.6 Å². The predicted molar refractivity (Wildman–Crippen MR) is 127 cm³/mol. The van der Waals surface area contributed by atoms with E-state index in [0.717, 1.165) is 16.5 Å². The molecule has 4 rings (SSSR count). The molecule has 0 aliphatic carbocycles. The maximum atomic E-state index is 13.2. The number of amides is 2. The van der Waals surface area contributed by atoms with Crippen molar-refractivity contribution in [2.45, 2.75) is 19.9 Å². The van der Waals surface area contributed by atoms with Gasteiger partial charge in [-0.1, -0.05) is 68.4 Å². The minimum Gasteiger partial charge on any atom is -0.464 e. The minimum atomic E-state index is -0.223. The summed E-state index contributed by atoms with van der Waals surface area (Å²) in [5.41, 5.74) is 3.70.